The van der Waals surface area contributed by atoms with E-state index >= 15 is 0 Å². The number of hydrogen-bond acceptors (Lipinski definition) is 1. The second-order valence-corrected chi connectivity index (χ2v) is 6.21. The number of aryl methyl sites for hydroxylation is 3. The van der Waals surface area contributed by atoms with Crippen molar-refractivity contribution in [1.82, 2.24) is 0 Å². The van der Waals surface area contributed by atoms with Crippen molar-refractivity contribution in [2.75, 3.05) is 0 Å². The van der Waals surface area contributed by atoms with Crippen LogP contribution in [0.3, 0.4) is 0 Å². The smallest absolute Gasteiger partial charge is 0.0336 e. The summed E-state index contributed by atoms with van der Waals surface area (Å²) >= 11 is 3.53. The largest absolute Gasteiger partial charge is 0.324 e. The lowest BCUT2D eigenvalue weighted by Gasteiger charge is -2.14. The Morgan fingerprint density at radius 2 is 1.74 bits per heavy atom. The van der Waals surface area contributed by atoms with Crippen LogP contribution in [0.15, 0.2) is 40.9 Å². The highest BCUT2D eigenvalue weighted by Crippen LogP contribution is 2.22. The topological polar surface area (TPSA) is 26.0 Å². The highest BCUT2D eigenvalue weighted by Gasteiger charge is 2.09. The first-order valence-corrected chi connectivity index (χ1v) is 7.34. The van der Waals surface area contributed by atoms with Gasteiger partial charge in [0, 0.05) is 10.5 Å². The van der Waals surface area contributed by atoms with E-state index in [1.807, 2.05) is 0 Å². The van der Waals surface area contributed by atoms with E-state index in [0.29, 0.717) is 0 Å². The highest BCUT2D eigenvalue weighted by molar-refractivity contribution is 9.10. The third-order valence-electron chi connectivity index (χ3n) is 3.52. The maximum atomic E-state index is 6.33. The second kappa shape index (κ2) is 5.89. The Labute approximate surface area is 124 Å². The SMILES string of the molecule is Cc1cc(Br)cc(C(N)Cc2ccc(C)c(C)c2)c1. The average molecular weight is 318 g/mol. The maximum absolute atomic E-state index is 6.33. The average Bonchev–Trinajstić information content (AvgIpc) is 2.32. The van der Waals surface area contributed by atoms with Crippen molar-refractivity contribution < 1.29 is 0 Å². The molecule has 2 aromatic carbocycles. The number of benzene rings is 2. The van der Waals surface area contributed by atoms with Crippen molar-refractivity contribution in [3.05, 3.63) is 68.7 Å². The normalized spacial score (nSPS) is 12.5. The molecule has 19 heavy (non-hydrogen) atoms. The molecule has 1 nitrogen and oxygen atoms in total. The molecular formula is C17H20BrN. The molecule has 0 aliphatic rings. The summed E-state index contributed by atoms with van der Waals surface area (Å²) in [5, 5.41) is 0. The van der Waals surface area contributed by atoms with Crippen LogP contribution in [0, 0.1) is 20.8 Å². The summed E-state index contributed by atoms with van der Waals surface area (Å²) in [6.07, 6.45) is 0.872. The number of hydrogen-bond donors (Lipinski definition) is 1. The molecular weight excluding hydrogens is 298 g/mol. The molecule has 2 rings (SSSR count). The van der Waals surface area contributed by atoms with Gasteiger partial charge in [-0.3, -0.25) is 0 Å². The Kier molecular flexibility index (Phi) is 4.43. The zero-order valence-corrected chi connectivity index (χ0v) is 13.3. The molecule has 1 unspecified atom stereocenters. The summed E-state index contributed by atoms with van der Waals surface area (Å²) in [4.78, 5) is 0. The number of rotatable bonds is 3. The van der Waals surface area contributed by atoms with Gasteiger partial charge in [-0.05, 0) is 67.1 Å². The van der Waals surface area contributed by atoms with Gasteiger partial charge in [0.15, 0.2) is 0 Å². The van der Waals surface area contributed by atoms with Gasteiger partial charge in [-0.15, -0.1) is 0 Å². The maximum Gasteiger partial charge on any atom is 0.0336 e. The van der Waals surface area contributed by atoms with E-state index in [0.717, 1.165) is 10.9 Å². The van der Waals surface area contributed by atoms with Crippen LogP contribution < -0.4 is 5.73 Å². The summed E-state index contributed by atoms with van der Waals surface area (Å²) < 4.78 is 1.10. The van der Waals surface area contributed by atoms with Crippen LogP contribution in [-0.4, -0.2) is 0 Å². The molecule has 0 heterocycles. The van der Waals surface area contributed by atoms with Crippen molar-refractivity contribution >= 4 is 15.9 Å². The van der Waals surface area contributed by atoms with Gasteiger partial charge in [0.2, 0.25) is 0 Å². The number of nitrogens with two attached hydrogens (primary N) is 1. The molecule has 2 N–H and O–H groups in total. The zero-order valence-electron chi connectivity index (χ0n) is 11.7. The number of halogens is 1. The van der Waals surface area contributed by atoms with Crippen molar-refractivity contribution in [1.29, 1.82) is 0 Å². The van der Waals surface area contributed by atoms with Crippen molar-refractivity contribution in [2.24, 2.45) is 5.73 Å². The quantitative estimate of drug-likeness (QED) is 0.878. The first kappa shape index (κ1) is 14.3. The Balaban J connectivity index is 2.20. The van der Waals surface area contributed by atoms with Crippen LogP contribution in [0.2, 0.25) is 0 Å². The van der Waals surface area contributed by atoms with E-state index in [9.17, 15) is 0 Å². The predicted octanol–water partition coefficient (Wildman–Crippen LogP) is 4.62. The van der Waals surface area contributed by atoms with Crippen LogP contribution in [0.5, 0.6) is 0 Å². The van der Waals surface area contributed by atoms with Gasteiger partial charge >= 0.3 is 0 Å². The van der Waals surface area contributed by atoms with Gasteiger partial charge in [0.1, 0.15) is 0 Å². The summed E-state index contributed by atoms with van der Waals surface area (Å²) in [5.41, 5.74) is 12.7. The highest BCUT2D eigenvalue weighted by atomic mass is 79.9. The minimum absolute atomic E-state index is 0.0401. The monoisotopic (exact) mass is 317 g/mol. The zero-order chi connectivity index (χ0) is 14.0. The van der Waals surface area contributed by atoms with E-state index in [1.165, 1.54) is 27.8 Å². The van der Waals surface area contributed by atoms with E-state index in [4.69, 9.17) is 5.73 Å². The van der Waals surface area contributed by atoms with Crippen molar-refractivity contribution in [3.63, 3.8) is 0 Å². The van der Waals surface area contributed by atoms with Gasteiger partial charge in [0.05, 0.1) is 0 Å². The Bertz CT molecular complexity index is 570. The first-order chi connectivity index (χ1) is 8.95. The predicted molar refractivity (Wildman–Crippen MR) is 85.4 cm³/mol. The molecule has 2 aromatic rings. The molecule has 100 valence electrons. The first-order valence-electron chi connectivity index (χ1n) is 6.54. The fraction of sp³-hybridized carbons (Fsp3) is 0.294. The lowest BCUT2D eigenvalue weighted by atomic mass is 9.96. The fourth-order valence-corrected chi connectivity index (χ4v) is 2.91. The molecule has 0 radical (unpaired) electrons. The standard InChI is InChI=1S/C17H20BrN/c1-11-6-15(10-16(18)7-11)17(19)9-14-5-4-12(2)13(3)8-14/h4-8,10,17H,9,19H2,1-3H3. The van der Waals surface area contributed by atoms with Crippen LogP contribution in [0.1, 0.15) is 33.9 Å². The second-order valence-electron chi connectivity index (χ2n) is 5.29. The van der Waals surface area contributed by atoms with Gasteiger partial charge in [-0.1, -0.05) is 40.2 Å². The molecule has 0 spiro atoms. The van der Waals surface area contributed by atoms with Gasteiger partial charge in [-0.25, -0.2) is 0 Å². The van der Waals surface area contributed by atoms with Crippen LogP contribution in [0.4, 0.5) is 0 Å². The molecule has 1 atom stereocenters. The lowest BCUT2D eigenvalue weighted by Crippen LogP contribution is -2.13. The summed E-state index contributed by atoms with van der Waals surface area (Å²) in [5.74, 6) is 0. The van der Waals surface area contributed by atoms with E-state index in [2.05, 4.69) is 73.1 Å². The molecule has 0 aliphatic heterocycles. The van der Waals surface area contributed by atoms with Crippen molar-refractivity contribution in [2.45, 2.75) is 33.2 Å². The fourth-order valence-electron chi connectivity index (χ4n) is 2.28. The van der Waals surface area contributed by atoms with Crippen LogP contribution >= 0.6 is 15.9 Å². The molecule has 0 aliphatic carbocycles. The van der Waals surface area contributed by atoms with Gasteiger partial charge in [0.25, 0.3) is 0 Å². The lowest BCUT2D eigenvalue weighted by molar-refractivity contribution is 0.720. The van der Waals surface area contributed by atoms with E-state index in [-0.39, 0.29) is 6.04 Å². The Hall–Kier alpha value is -1.12. The molecule has 0 amide bonds. The van der Waals surface area contributed by atoms with Crippen LogP contribution in [-0.2, 0) is 6.42 Å². The van der Waals surface area contributed by atoms with E-state index < -0.39 is 0 Å². The van der Waals surface area contributed by atoms with Crippen molar-refractivity contribution in [3.8, 4) is 0 Å². The van der Waals surface area contributed by atoms with Crippen LogP contribution in [0.25, 0.3) is 0 Å². The molecule has 0 saturated heterocycles. The molecule has 0 aromatic heterocycles. The Morgan fingerprint density at radius 1 is 1.00 bits per heavy atom. The van der Waals surface area contributed by atoms with Gasteiger partial charge in [-0.2, -0.15) is 0 Å². The molecule has 0 saturated carbocycles. The molecule has 0 fully saturated rings. The van der Waals surface area contributed by atoms with Gasteiger partial charge < -0.3 is 5.73 Å². The molecule has 2 heteroatoms. The minimum Gasteiger partial charge on any atom is -0.324 e. The summed E-state index contributed by atoms with van der Waals surface area (Å²) in [7, 11) is 0. The third kappa shape index (κ3) is 3.68. The van der Waals surface area contributed by atoms with E-state index in [1.54, 1.807) is 0 Å². The Morgan fingerprint density at radius 3 is 2.37 bits per heavy atom. The summed E-state index contributed by atoms with van der Waals surface area (Å²) in [6, 6.07) is 13.0. The molecule has 0 bridgehead atoms. The summed E-state index contributed by atoms with van der Waals surface area (Å²) in [6.45, 7) is 6.38. The third-order valence-corrected chi connectivity index (χ3v) is 3.98. The minimum atomic E-state index is 0.0401.